The molecular weight excluding hydrogens is 474 g/mol. The first kappa shape index (κ1) is 25.7. The summed E-state index contributed by atoms with van der Waals surface area (Å²) < 4.78 is 16.1. The van der Waals surface area contributed by atoms with Crippen LogP contribution in [-0.4, -0.2) is 54.5 Å². The van der Waals surface area contributed by atoms with Crippen molar-refractivity contribution in [1.82, 2.24) is 9.80 Å². The lowest BCUT2D eigenvalue weighted by atomic mass is 9.99. The number of nitriles is 1. The maximum absolute atomic E-state index is 12.6. The van der Waals surface area contributed by atoms with E-state index in [9.17, 15) is 19.6 Å². The standard InChI is InChI=1S/C28H27N3O6/c1-2-35-28(34)27(33)31-13-11-30(12-14-31)17-23-15-25(32)26(19-36-23)37-18-20-7-9-21(10-8-20)24-6-4-3-5-22(24)16-29/h3-10,15,19H,2,11-14,17-18H2,1H3. The fourth-order valence-corrected chi connectivity index (χ4v) is 4.05. The Morgan fingerprint density at radius 2 is 1.78 bits per heavy atom. The quantitative estimate of drug-likeness (QED) is 0.359. The number of rotatable bonds is 7. The Kier molecular flexibility index (Phi) is 8.33. The van der Waals surface area contributed by atoms with E-state index in [-0.39, 0.29) is 24.4 Å². The van der Waals surface area contributed by atoms with Crippen LogP contribution in [0.25, 0.3) is 11.1 Å². The third kappa shape index (κ3) is 6.42. The lowest BCUT2D eigenvalue weighted by molar-refractivity contribution is -0.160. The first-order valence-corrected chi connectivity index (χ1v) is 12.0. The molecule has 190 valence electrons. The topological polar surface area (TPSA) is 113 Å². The summed E-state index contributed by atoms with van der Waals surface area (Å²) in [5, 5.41) is 9.31. The number of carbonyl (C=O) groups is 2. The molecule has 4 rings (SSSR count). The molecular formula is C28H27N3O6. The molecule has 0 unspecified atom stereocenters. The average molecular weight is 502 g/mol. The van der Waals surface area contributed by atoms with Gasteiger partial charge in [-0.25, -0.2) is 4.79 Å². The van der Waals surface area contributed by atoms with Gasteiger partial charge in [-0.2, -0.15) is 5.26 Å². The fourth-order valence-electron chi connectivity index (χ4n) is 4.05. The molecule has 0 saturated carbocycles. The van der Waals surface area contributed by atoms with Gasteiger partial charge < -0.3 is 18.8 Å². The maximum Gasteiger partial charge on any atom is 0.397 e. The predicted octanol–water partition coefficient (Wildman–Crippen LogP) is 2.96. The lowest BCUT2D eigenvalue weighted by Crippen LogP contribution is -2.50. The molecule has 0 aliphatic carbocycles. The first-order valence-electron chi connectivity index (χ1n) is 12.0. The predicted molar refractivity (Wildman–Crippen MR) is 134 cm³/mol. The van der Waals surface area contributed by atoms with Crippen LogP contribution in [0.3, 0.4) is 0 Å². The summed E-state index contributed by atoms with van der Waals surface area (Å²) in [6.45, 7) is 4.29. The normalized spacial score (nSPS) is 13.6. The van der Waals surface area contributed by atoms with Gasteiger partial charge in [0.05, 0.1) is 24.8 Å². The van der Waals surface area contributed by atoms with Gasteiger partial charge in [-0.05, 0) is 29.7 Å². The Bertz CT molecular complexity index is 1350. The number of hydrogen-bond donors (Lipinski definition) is 0. The molecule has 0 radical (unpaired) electrons. The minimum absolute atomic E-state index is 0.118. The number of amides is 1. The highest BCUT2D eigenvalue weighted by molar-refractivity contribution is 6.32. The molecule has 0 bridgehead atoms. The zero-order valence-electron chi connectivity index (χ0n) is 20.5. The van der Waals surface area contributed by atoms with Crippen LogP contribution in [0.2, 0.25) is 0 Å². The van der Waals surface area contributed by atoms with E-state index in [2.05, 4.69) is 6.07 Å². The molecule has 1 aliphatic rings. The van der Waals surface area contributed by atoms with Crippen LogP contribution in [0.15, 0.2) is 70.1 Å². The summed E-state index contributed by atoms with van der Waals surface area (Å²) in [6.07, 6.45) is 1.32. The molecule has 0 spiro atoms. The van der Waals surface area contributed by atoms with Crippen molar-refractivity contribution in [2.45, 2.75) is 20.1 Å². The molecule has 2 heterocycles. The van der Waals surface area contributed by atoms with Gasteiger partial charge in [-0.3, -0.25) is 14.5 Å². The lowest BCUT2D eigenvalue weighted by Gasteiger charge is -2.33. The monoisotopic (exact) mass is 501 g/mol. The molecule has 1 fully saturated rings. The molecule has 0 atom stereocenters. The number of hydrogen-bond acceptors (Lipinski definition) is 8. The van der Waals surface area contributed by atoms with Crippen LogP contribution in [0.5, 0.6) is 5.75 Å². The molecule has 1 amide bonds. The third-order valence-corrected chi connectivity index (χ3v) is 6.05. The minimum atomic E-state index is -0.835. The van der Waals surface area contributed by atoms with Crippen molar-refractivity contribution in [2.75, 3.05) is 32.8 Å². The molecule has 1 saturated heterocycles. The summed E-state index contributed by atoms with van der Waals surface area (Å²) in [4.78, 5) is 39.7. The molecule has 9 nitrogen and oxygen atoms in total. The van der Waals surface area contributed by atoms with Crippen molar-refractivity contribution < 1.29 is 23.5 Å². The molecule has 2 aromatic carbocycles. The van der Waals surface area contributed by atoms with Gasteiger partial charge in [0.1, 0.15) is 18.6 Å². The van der Waals surface area contributed by atoms with Crippen LogP contribution in [0.1, 0.15) is 23.8 Å². The SMILES string of the molecule is CCOC(=O)C(=O)N1CCN(Cc2cc(=O)c(OCc3ccc(-c4ccccc4C#N)cc3)co2)CC1. The van der Waals surface area contributed by atoms with E-state index in [1.54, 1.807) is 13.0 Å². The Hall–Kier alpha value is -4.42. The number of nitrogens with zero attached hydrogens (tertiary/aromatic N) is 3. The second kappa shape index (κ2) is 12.0. The highest BCUT2D eigenvalue weighted by Gasteiger charge is 2.27. The summed E-state index contributed by atoms with van der Waals surface area (Å²) in [5.41, 5.74) is 2.99. The van der Waals surface area contributed by atoms with Crippen molar-refractivity contribution in [1.29, 1.82) is 5.26 Å². The minimum Gasteiger partial charge on any atom is -0.482 e. The van der Waals surface area contributed by atoms with Crippen LogP contribution in [-0.2, 0) is 27.5 Å². The fraction of sp³-hybridized carbons (Fsp3) is 0.286. The van der Waals surface area contributed by atoms with Gasteiger partial charge in [0.25, 0.3) is 0 Å². The van der Waals surface area contributed by atoms with Gasteiger partial charge in [0, 0.05) is 32.2 Å². The van der Waals surface area contributed by atoms with Crippen LogP contribution >= 0.6 is 0 Å². The Balaban J connectivity index is 1.29. The van der Waals surface area contributed by atoms with E-state index in [1.807, 2.05) is 47.4 Å². The van der Waals surface area contributed by atoms with Crippen molar-refractivity contribution in [3.63, 3.8) is 0 Å². The Morgan fingerprint density at radius 3 is 2.46 bits per heavy atom. The number of ether oxygens (including phenoxy) is 2. The first-order chi connectivity index (χ1) is 18.0. The van der Waals surface area contributed by atoms with Crippen LogP contribution < -0.4 is 10.2 Å². The Labute approximate surface area is 214 Å². The molecule has 1 aliphatic heterocycles. The van der Waals surface area contributed by atoms with E-state index < -0.39 is 11.9 Å². The molecule has 1 aromatic heterocycles. The van der Waals surface area contributed by atoms with Crippen molar-refractivity contribution in [3.8, 4) is 22.9 Å². The van der Waals surface area contributed by atoms with E-state index in [1.165, 1.54) is 17.2 Å². The second-order valence-electron chi connectivity index (χ2n) is 8.51. The van der Waals surface area contributed by atoms with E-state index in [4.69, 9.17) is 13.9 Å². The molecule has 3 aromatic rings. The van der Waals surface area contributed by atoms with Gasteiger partial charge >= 0.3 is 11.9 Å². The number of benzene rings is 2. The zero-order chi connectivity index (χ0) is 26.2. The highest BCUT2D eigenvalue weighted by Crippen LogP contribution is 2.24. The van der Waals surface area contributed by atoms with Gasteiger partial charge in [-0.15, -0.1) is 0 Å². The van der Waals surface area contributed by atoms with Gasteiger partial charge in [-0.1, -0.05) is 42.5 Å². The number of carbonyl (C=O) groups excluding carboxylic acids is 2. The summed E-state index contributed by atoms with van der Waals surface area (Å²) in [7, 11) is 0. The van der Waals surface area contributed by atoms with Crippen LogP contribution in [0.4, 0.5) is 0 Å². The van der Waals surface area contributed by atoms with Gasteiger partial charge in [0.15, 0.2) is 0 Å². The van der Waals surface area contributed by atoms with E-state index in [0.29, 0.717) is 44.0 Å². The van der Waals surface area contributed by atoms with E-state index in [0.717, 1.165) is 16.7 Å². The second-order valence-corrected chi connectivity index (χ2v) is 8.51. The van der Waals surface area contributed by atoms with Crippen molar-refractivity contribution in [2.24, 2.45) is 0 Å². The third-order valence-electron chi connectivity index (χ3n) is 6.05. The molecule has 0 N–H and O–H groups in total. The van der Waals surface area contributed by atoms with Crippen LogP contribution in [0, 0.1) is 11.3 Å². The largest absolute Gasteiger partial charge is 0.482 e. The summed E-state index contributed by atoms with van der Waals surface area (Å²) in [5.74, 6) is -0.857. The Morgan fingerprint density at radius 1 is 1.05 bits per heavy atom. The molecule has 37 heavy (non-hydrogen) atoms. The summed E-state index contributed by atoms with van der Waals surface area (Å²) >= 11 is 0. The smallest absolute Gasteiger partial charge is 0.397 e. The van der Waals surface area contributed by atoms with Crippen molar-refractivity contribution in [3.05, 3.63) is 88.0 Å². The van der Waals surface area contributed by atoms with Crippen molar-refractivity contribution >= 4 is 11.9 Å². The average Bonchev–Trinajstić information content (AvgIpc) is 2.93. The number of esters is 1. The number of piperazine rings is 1. The molecule has 9 heteroatoms. The zero-order valence-corrected chi connectivity index (χ0v) is 20.5. The van der Waals surface area contributed by atoms with Gasteiger partial charge in [0.2, 0.25) is 11.2 Å². The van der Waals surface area contributed by atoms with E-state index >= 15 is 0 Å². The summed E-state index contributed by atoms with van der Waals surface area (Å²) in [6, 6.07) is 18.6. The maximum atomic E-state index is 12.6. The highest BCUT2D eigenvalue weighted by atomic mass is 16.5.